The number of aryl methyl sites for hydroxylation is 1. The number of hydrogen-bond acceptors (Lipinski definition) is 2. The SMILES string of the molecule is Cn1c(NC(CCl)Cc2ccccc2)nc2ccccc21. The fourth-order valence-electron chi connectivity index (χ4n) is 2.50. The Morgan fingerprint density at radius 3 is 2.52 bits per heavy atom. The minimum atomic E-state index is 0.157. The van der Waals surface area contributed by atoms with Crippen molar-refractivity contribution in [1.82, 2.24) is 9.55 Å². The lowest BCUT2D eigenvalue weighted by Crippen LogP contribution is -2.25. The predicted octanol–water partition coefficient (Wildman–Crippen LogP) is 3.84. The van der Waals surface area contributed by atoms with Crippen molar-refractivity contribution in [2.75, 3.05) is 11.2 Å². The van der Waals surface area contributed by atoms with Crippen LogP contribution in [0.15, 0.2) is 54.6 Å². The third-order valence-electron chi connectivity index (χ3n) is 3.63. The molecular weight excluding hydrogens is 282 g/mol. The molecule has 2 aromatic carbocycles. The fourth-order valence-corrected chi connectivity index (χ4v) is 2.69. The molecule has 0 aliphatic heterocycles. The summed E-state index contributed by atoms with van der Waals surface area (Å²) in [5.74, 6) is 1.40. The Morgan fingerprint density at radius 2 is 1.81 bits per heavy atom. The molecule has 0 saturated carbocycles. The Bertz CT molecular complexity index is 721. The summed E-state index contributed by atoms with van der Waals surface area (Å²) in [4.78, 5) is 4.63. The molecule has 0 radical (unpaired) electrons. The number of rotatable bonds is 5. The molecular formula is C17H18ClN3. The third kappa shape index (κ3) is 3.03. The van der Waals surface area contributed by atoms with Crippen molar-refractivity contribution in [2.24, 2.45) is 7.05 Å². The molecule has 4 heteroatoms. The molecule has 108 valence electrons. The Hall–Kier alpha value is -2.00. The van der Waals surface area contributed by atoms with Crippen LogP contribution < -0.4 is 5.32 Å². The zero-order chi connectivity index (χ0) is 14.7. The van der Waals surface area contributed by atoms with Gasteiger partial charge in [0, 0.05) is 19.0 Å². The van der Waals surface area contributed by atoms with Crippen molar-refractivity contribution < 1.29 is 0 Å². The van der Waals surface area contributed by atoms with Crippen LogP contribution in [0.1, 0.15) is 5.56 Å². The topological polar surface area (TPSA) is 29.9 Å². The van der Waals surface area contributed by atoms with E-state index in [0.717, 1.165) is 23.4 Å². The van der Waals surface area contributed by atoms with Crippen molar-refractivity contribution in [2.45, 2.75) is 12.5 Å². The van der Waals surface area contributed by atoms with Crippen LogP contribution in [-0.2, 0) is 13.5 Å². The number of nitrogens with one attached hydrogen (secondary N) is 1. The van der Waals surface area contributed by atoms with Crippen molar-refractivity contribution in [3.63, 3.8) is 0 Å². The van der Waals surface area contributed by atoms with Gasteiger partial charge >= 0.3 is 0 Å². The highest BCUT2D eigenvalue weighted by Crippen LogP contribution is 2.19. The number of imidazole rings is 1. The molecule has 3 nitrogen and oxygen atoms in total. The number of para-hydroxylation sites is 2. The lowest BCUT2D eigenvalue weighted by atomic mass is 10.1. The summed E-state index contributed by atoms with van der Waals surface area (Å²) in [7, 11) is 2.02. The van der Waals surface area contributed by atoms with Crippen molar-refractivity contribution >= 4 is 28.6 Å². The fraction of sp³-hybridized carbons (Fsp3) is 0.235. The second-order valence-electron chi connectivity index (χ2n) is 5.17. The smallest absolute Gasteiger partial charge is 0.203 e. The minimum absolute atomic E-state index is 0.157. The van der Waals surface area contributed by atoms with E-state index in [4.69, 9.17) is 11.6 Å². The maximum absolute atomic E-state index is 6.12. The monoisotopic (exact) mass is 299 g/mol. The minimum Gasteiger partial charge on any atom is -0.351 e. The van der Waals surface area contributed by atoms with Gasteiger partial charge < -0.3 is 9.88 Å². The molecule has 0 amide bonds. The van der Waals surface area contributed by atoms with E-state index in [1.54, 1.807) is 0 Å². The molecule has 1 unspecified atom stereocenters. The second-order valence-corrected chi connectivity index (χ2v) is 5.48. The number of hydrogen-bond donors (Lipinski definition) is 1. The van der Waals surface area contributed by atoms with Gasteiger partial charge in [-0.1, -0.05) is 42.5 Å². The van der Waals surface area contributed by atoms with Crippen LogP contribution in [0.25, 0.3) is 11.0 Å². The summed E-state index contributed by atoms with van der Waals surface area (Å²) in [5.41, 5.74) is 3.39. The number of nitrogens with zero attached hydrogens (tertiary/aromatic N) is 2. The highest BCUT2D eigenvalue weighted by Gasteiger charge is 2.13. The maximum atomic E-state index is 6.12. The van der Waals surface area contributed by atoms with E-state index in [-0.39, 0.29) is 6.04 Å². The Morgan fingerprint density at radius 1 is 1.10 bits per heavy atom. The molecule has 3 aromatic rings. The third-order valence-corrected chi connectivity index (χ3v) is 4.00. The average molecular weight is 300 g/mol. The number of alkyl halides is 1. The molecule has 0 saturated heterocycles. The first-order chi connectivity index (χ1) is 10.3. The molecule has 0 spiro atoms. The lowest BCUT2D eigenvalue weighted by Gasteiger charge is -2.17. The second kappa shape index (κ2) is 6.19. The molecule has 0 bridgehead atoms. The van der Waals surface area contributed by atoms with E-state index in [0.29, 0.717) is 5.88 Å². The molecule has 21 heavy (non-hydrogen) atoms. The van der Waals surface area contributed by atoms with Crippen molar-refractivity contribution in [3.8, 4) is 0 Å². The van der Waals surface area contributed by atoms with Crippen LogP contribution in [0.3, 0.4) is 0 Å². The van der Waals surface area contributed by atoms with Gasteiger partial charge in [0.2, 0.25) is 5.95 Å². The zero-order valence-corrected chi connectivity index (χ0v) is 12.7. The first-order valence-corrected chi connectivity index (χ1v) is 7.59. The van der Waals surface area contributed by atoms with Crippen LogP contribution in [-0.4, -0.2) is 21.5 Å². The first-order valence-electron chi connectivity index (χ1n) is 7.06. The number of aromatic nitrogens is 2. The van der Waals surface area contributed by atoms with Crippen LogP contribution >= 0.6 is 11.6 Å². The summed E-state index contributed by atoms with van der Waals surface area (Å²) < 4.78 is 2.07. The molecule has 0 fully saturated rings. The zero-order valence-electron chi connectivity index (χ0n) is 12.0. The standard InChI is InChI=1S/C17H18ClN3/c1-21-16-10-6-5-9-15(16)20-17(21)19-14(12-18)11-13-7-3-2-4-8-13/h2-10,14H,11-12H2,1H3,(H,19,20). The van der Waals surface area contributed by atoms with E-state index in [2.05, 4.69) is 45.2 Å². The number of anilines is 1. The van der Waals surface area contributed by atoms with Gasteiger partial charge in [0.15, 0.2) is 0 Å². The van der Waals surface area contributed by atoms with Crippen LogP contribution in [0.2, 0.25) is 0 Å². The molecule has 3 rings (SSSR count). The number of fused-ring (bicyclic) bond motifs is 1. The Kier molecular flexibility index (Phi) is 4.11. The average Bonchev–Trinajstić information content (AvgIpc) is 2.84. The summed E-state index contributed by atoms with van der Waals surface area (Å²) in [5, 5.41) is 3.45. The van der Waals surface area contributed by atoms with Gasteiger partial charge in [-0.3, -0.25) is 0 Å². The molecule has 1 aromatic heterocycles. The highest BCUT2D eigenvalue weighted by atomic mass is 35.5. The number of halogens is 1. The van der Waals surface area contributed by atoms with E-state index in [1.165, 1.54) is 5.56 Å². The van der Waals surface area contributed by atoms with Gasteiger partial charge in [-0.05, 0) is 24.1 Å². The first kappa shape index (κ1) is 14.0. The van der Waals surface area contributed by atoms with Gasteiger partial charge in [0.25, 0.3) is 0 Å². The largest absolute Gasteiger partial charge is 0.351 e. The van der Waals surface area contributed by atoms with Crippen LogP contribution in [0.4, 0.5) is 5.95 Å². The van der Waals surface area contributed by atoms with E-state index < -0.39 is 0 Å². The Labute approximate surface area is 129 Å². The van der Waals surface area contributed by atoms with E-state index in [1.807, 2.05) is 31.3 Å². The Balaban J connectivity index is 1.81. The number of benzene rings is 2. The van der Waals surface area contributed by atoms with Gasteiger partial charge in [-0.25, -0.2) is 4.98 Å². The molecule has 1 atom stereocenters. The highest BCUT2D eigenvalue weighted by molar-refractivity contribution is 6.18. The quantitative estimate of drug-likeness (QED) is 0.726. The summed E-state index contributed by atoms with van der Waals surface area (Å²) >= 11 is 6.12. The summed E-state index contributed by atoms with van der Waals surface area (Å²) in [6.45, 7) is 0. The molecule has 0 aliphatic carbocycles. The van der Waals surface area contributed by atoms with Crippen LogP contribution in [0, 0.1) is 0 Å². The van der Waals surface area contributed by atoms with Crippen molar-refractivity contribution in [3.05, 3.63) is 60.2 Å². The lowest BCUT2D eigenvalue weighted by molar-refractivity contribution is 0.771. The molecule has 1 N–H and O–H groups in total. The molecule has 1 heterocycles. The normalized spacial score (nSPS) is 12.5. The van der Waals surface area contributed by atoms with Gasteiger partial charge in [0.05, 0.1) is 11.0 Å². The van der Waals surface area contributed by atoms with E-state index >= 15 is 0 Å². The van der Waals surface area contributed by atoms with Gasteiger partial charge in [-0.2, -0.15) is 0 Å². The summed E-state index contributed by atoms with van der Waals surface area (Å²) in [6.07, 6.45) is 0.882. The van der Waals surface area contributed by atoms with Gasteiger partial charge in [0.1, 0.15) is 0 Å². The predicted molar refractivity (Wildman–Crippen MR) is 89.0 cm³/mol. The maximum Gasteiger partial charge on any atom is 0.203 e. The van der Waals surface area contributed by atoms with E-state index in [9.17, 15) is 0 Å². The molecule has 0 aliphatic rings. The van der Waals surface area contributed by atoms with Crippen molar-refractivity contribution in [1.29, 1.82) is 0 Å². The summed E-state index contributed by atoms with van der Waals surface area (Å²) in [6, 6.07) is 18.6. The van der Waals surface area contributed by atoms with Crippen LogP contribution in [0.5, 0.6) is 0 Å². The van der Waals surface area contributed by atoms with Gasteiger partial charge in [-0.15, -0.1) is 11.6 Å².